The van der Waals surface area contributed by atoms with Crippen molar-refractivity contribution in [1.29, 1.82) is 0 Å². The topological polar surface area (TPSA) is 55.8 Å². The molecule has 5 nitrogen and oxygen atoms in total. The standard InChI is InChI=1S/C30H32BrNO4/c1-29(2,3)24-13-11-22(18-26(24)35-4)27(33)32-25-14-12-23(31)17-21(25)15-16-30(32,28(34)36-5)19-20-9-7-6-8-10-20/h6-14,17-18H,15-16,19H2,1-5H3. The highest BCUT2D eigenvalue weighted by Gasteiger charge is 2.51. The molecule has 1 heterocycles. The van der Waals surface area contributed by atoms with Crippen LogP contribution in [0.15, 0.2) is 71.2 Å². The minimum Gasteiger partial charge on any atom is -0.496 e. The summed E-state index contributed by atoms with van der Waals surface area (Å²) in [5, 5.41) is 0. The van der Waals surface area contributed by atoms with Crippen LogP contribution in [-0.4, -0.2) is 31.6 Å². The van der Waals surface area contributed by atoms with E-state index in [1.165, 1.54) is 7.11 Å². The Morgan fingerprint density at radius 2 is 1.72 bits per heavy atom. The summed E-state index contributed by atoms with van der Waals surface area (Å²) < 4.78 is 12.0. The number of carbonyl (C=O) groups excluding carboxylic acids is 2. The van der Waals surface area contributed by atoms with E-state index in [4.69, 9.17) is 9.47 Å². The first-order valence-electron chi connectivity index (χ1n) is 12.0. The fraction of sp³-hybridized carbons (Fsp3) is 0.333. The molecule has 36 heavy (non-hydrogen) atoms. The van der Waals surface area contributed by atoms with E-state index in [1.807, 2.05) is 60.7 Å². The highest BCUT2D eigenvalue weighted by molar-refractivity contribution is 9.10. The summed E-state index contributed by atoms with van der Waals surface area (Å²) in [7, 11) is 3.00. The molecule has 0 saturated heterocycles. The second kappa shape index (κ2) is 10.1. The number of hydrogen-bond donors (Lipinski definition) is 0. The van der Waals surface area contributed by atoms with Gasteiger partial charge in [0.2, 0.25) is 0 Å². The quantitative estimate of drug-likeness (QED) is 0.340. The third-order valence-corrected chi connectivity index (χ3v) is 7.38. The van der Waals surface area contributed by atoms with Crippen molar-refractivity contribution in [2.24, 2.45) is 0 Å². The monoisotopic (exact) mass is 549 g/mol. The summed E-state index contributed by atoms with van der Waals surface area (Å²) in [6, 6.07) is 21.1. The molecule has 1 aliphatic rings. The van der Waals surface area contributed by atoms with E-state index >= 15 is 0 Å². The van der Waals surface area contributed by atoms with Crippen molar-refractivity contribution in [1.82, 2.24) is 0 Å². The molecule has 0 aliphatic carbocycles. The highest BCUT2D eigenvalue weighted by atomic mass is 79.9. The fourth-order valence-electron chi connectivity index (χ4n) is 5.09. The molecule has 6 heteroatoms. The van der Waals surface area contributed by atoms with Gasteiger partial charge in [-0.3, -0.25) is 9.69 Å². The smallest absolute Gasteiger partial charge is 0.332 e. The van der Waals surface area contributed by atoms with Crippen LogP contribution in [0, 0.1) is 0 Å². The summed E-state index contributed by atoms with van der Waals surface area (Å²) in [4.78, 5) is 29.6. The molecule has 1 atom stereocenters. The molecule has 0 aromatic heterocycles. The lowest BCUT2D eigenvalue weighted by atomic mass is 9.78. The van der Waals surface area contributed by atoms with Crippen LogP contribution < -0.4 is 9.64 Å². The van der Waals surface area contributed by atoms with Crippen LogP contribution in [-0.2, 0) is 27.8 Å². The number of halogens is 1. The van der Waals surface area contributed by atoms with Crippen molar-refractivity contribution in [3.05, 3.63) is 93.5 Å². The number of fused-ring (bicyclic) bond motifs is 1. The van der Waals surface area contributed by atoms with Gasteiger partial charge in [-0.05, 0) is 65.3 Å². The maximum atomic E-state index is 14.4. The van der Waals surface area contributed by atoms with Crippen LogP contribution in [0.1, 0.15) is 54.2 Å². The summed E-state index contributed by atoms with van der Waals surface area (Å²) in [6.07, 6.45) is 1.44. The maximum Gasteiger partial charge on any atom is 0.332 e. The Bertz CT molecular complexity index is 1280. The van der Waals surface area contributed by atoms with E-state index < -0.39 is 11.5 Å². The number of amides is 1. The molecule has 0 spiro atoms. The number of hydrogen-bond acceptors (Lipinski definition) is 4. The Labute approximate surface area is 221 Å². The minimum atomic E-state index is -1.19. The largest absolute Gasteiger partial charge is 0.496 e. The predicted molar refractivity (Wildman–Crippen MR) is 146 cm³/mol. The molecule has 3 aromatic rings. The normalized spacial score (nSPS) is 17.3. The van der Waals surface area contributed by atoms with Crippen molar-refractivity contribution >= 4 is 33.5 Å². The van der Waals surface area contributed by atoms with Crippen molar-refractivity contribution in [3.63, 3.8) is 0 Å². The lowest BCUT2D eigenvalue weighted by Gasteiger charge is -2.46. The third kappa shape index (κ3) is 4.79. The molecule has 0 saturated carbocycles. The predicted octanol–water partition coefficient (Wildman–Crippen LogP) is 6.50. The number of benzene rings is 3. The number of rotatable bonds is 5. The van der Waals surface area contributed by atoms with Gasteiger partial charge in [0.05, 0.1) is 14.2 Å². The molecule has 0 fully saturated rings. The molecule has 4 rings (SSSR count). The zero-order chi connectivity index (χ0) is 26.1. The molecular formula is C30H32BrNO4. The molecule has 1 aliphatic heterocycles. The number of nitrogens with zero attached hydrogens (tertiary/aromatic N) is 1. The first-order chi connectivity index (χ1) is 17.1. The molecule has 0 N–H and O–H groups in total. The van der Waals surface area contributed by atoms with Crippen LogP contribution in [0.25, 0.3) is 0 Å². The van der Waals surface area contributed by atoms with E-state index in [-0.39, 0.29) is 11.3 Å². The number of ether oxygens (including phenoxy) is 2. The van der Waals surface area contributed by atoms with Crippen molar-refractivity contribution in [2.45, 2.75) is 51.0 Å². The van der Waals surface area contributed by atoms with Gasteiger partial charge in [0.1, 0.15) is 11.3 Å². The Kier molecular flexibility index (Phi) is 7.28. The van der Waals surface area contributed by atoms with E-state index in [0.717, 1.165) is 26.9 Å². The van der Waals surface area contributed by atoms with Gasteiger partial charge >= 0.3 is 5.97 Å². The average Bonchev–Trinajstić information content (AvgIpc) is 2.87. The molecule has 0 radical (unpaired) electrons. The zero-order valence-electron chi connectivity index (χ0n) is 21.4. The van der Waals surface area contributed by atoms with Crippen molar-refractivity contribution < 1.29 is 19.1 Å². The third-order valence-electron chi connectivity index (χ3n) is 6.88. The van der Waals surface area contributed by atoms with Crippen LogP contribution in [0.5, 0.6) is 5.75 Å². The first kappa shape index (κ1) is 26.0. The van der Waals surface area contributed by atoms with Crippen LogP contribution >= 0.6 is 15.9 Å². The highest BCUT2D eigenvalue weighted by Crippen LogP contribution is 2.42. The van der Waals surface area contributed by atoms with Gasteiger partial charge in [-0.2, -0.15) is 0 Å². The van der Waals surface area contributed by atoms with Crippen molar-refractivity contribution in [2.75, 3.05) is 19.1 Å². The SMILES string of the molecule is COC(=O)C1(Cc2ccccc2)CCc2cc(Br)ccc2N1C(=O)c1ccc(C(C)(C)C)c(OC)c1. The van der Waals surface area contributed by atoms with Gasteiger partial charge in [0.15, 0.2) is 0 Å². The lowest BCUT2D eigenvalue weighted by molar-refractivity contribution is -0.147. The van der Waals surface area contributed by atoms with Crippen LogP contribution in [0.3, 0.4) is 0 Å². The molecule has 0 bridgehead atoms. The molecular weight excluding hydrogens is 518 g/mol. The Morgan fingerprint density at radius 3 is 2.36 bits per heavy atom. The second-order valence-corrected chi connectivity index (χ2v) is 11.2. The van der Waals surface area contributed by atoms with Gasteiger partial charge < -0.3 is 9.47 Å². The van der Waals surface area contributed by atoms with Gasteiger partial charge in [-0.1, -0.05) is 73.1 Å². The zero-order valence-corrected chi connectivity index (χ0v) is 23.0. The van der Waals surface area contributed by atoms with E-state index in [1.54, 1.807) is 18.1 Å². The summed E-state index contributed by atoms with van der Waals surface area (Å²) in [6.45, 7) is 6.31. The van der Waals surface area contributed by atoms with Crippen molar-refractivity contribution in [3.8, 4) is 5.75 Å². The Morgan fingerprint density at radius 1 is 1.00 bits per heavy atom. The van der Waals surface area contributed by atoms with E-state index in [9.17, 15) is 9.59 Å². The minimum absolute atomic E-state index is 0.153. The van der Waals surface area contributed by atoms with Gasteiger partial charge in [0.25, 0.3) is 5.91 Å². The summed E-state index contributed by atoms with van der Waals surface area (Å²) in [5.41, 5.74) is 2.80. The molecule has 3 aromatic carbocycles. The van der Waals surface area contributed by atoms with Gasteiger partial charge in [0, 0.05) is 22.1 Å². The average molecular weight is 550 g/mol. The maximum absolute atomic E-state index is 14.4. The molecule has 1 unspecified atom stereocenters. The first-order valence-corrected chi connectivity index (χ1v) is 12.8. The molecule has 1 amide bonds. The van der Waals surface area contributed by atoms with Gasteiger partial charge in [-0.15, -0.1) is 0 Å². The van der Waals surface area contributed by atoms with E-state index in [0.29, 0.717) is 30.6 Å². The molecule has 188 valence electrons. The number of anilines is 1. The number of aryl methyl sites for hydroxylation is 1. The lowest BCUT2D eigenvalue weighted by Crippen LogP contribution is -2.61. The summed E-state index contributed by atoms with van der Waals surface area (Å²) >= 11 is 3.55. The second-order valence-electron chi connectivity index (χ2n) is 10.3. The van der Waals surface area contributed by atoms with E-state index in [2.05, 4.69) is 36.7 Å². The van der Waals surface area contributed by atoms with Crippen LogP contribution in [0.2, 0.25) is 0 Å². The summed E-state index contributed by atoms with van der Waals surface area (Å²) in [5.74, 6) is -0.0435. The number of esters is 1. The fourth-order valence-corrected chi connectivity index (χ4v) is 5.50. The Balaban J connectivity index is 1.91. The number of carbonyl (C=O) groups is 2. The van der Waals surface area contributed by atoms with Crippen LogP contribution in [0.4, 0.5) is 5.69 Å². The van der Waals surface area contributed by atoms with Gasteiger partial charge in [-0.25, -0.2) is 4.79 Å². The number of methoxy groups -OCH3 is 2. The Hall–Kier alpha value is -3.12.